The molecule has 1 fully saturated rings. The van der Waals surface area contributed by atoms with Crippen LogP contribution >= 0.6 is 22.6 Å². The number of benzene rings is 1. The van der Waals surface area contributed by atoms with Crippen LogP contribution in [0.2, 0.25) is 0 Å². The van der Waals surface area contributed by atoms with Crippen LogP contribution in [0.25, 0.3) is 5.57 Å². The second-order valence-electron chi connectivity index (χ2n) is 5.91. The lowest BCUT2D eigenvalue weighted by Crippen LogP contribution is -2.04. The van der Waals surface area contributed by atoms with Crippen molar-refractivity contribution < 1.29 is 0 Å². The van der Waals surface area contributed by atoms with Crippen LogP contribution in [0.3, 0.4) is 0 Å². The molecule has 1 aromatic carbocycles. The zero-order chi connectivity index (χ0) is 15.1. The monoisotopic (exact) mass is 394 g/mol. The summed E-state index contributed by atoms with van der Waals surface area (Å²) in [4.78, 5) is 0. The molecule has 1 saturated carbocycles. The summed E-state index contributed by atoms with van der Waals surface area (Å²) in [5.74, 6) is 0. The molecule has 1 heteroatoms. The molecule has 21 heavy (non-hydrogen) atoms. The Hall–Kier alpha value is -0.570. The van der Waals surface area contributed by atoms with Crippen LogP contribution in [0.4, 0.5) is 0 Å². The van der Waals surface area contributed by atoms with E-state index in [0.717, 1.165) is 0 Å². The molecule has 114 valence electrons. The van der Waals surface area contributed by atoms with Gasteiger partial charge in [-0.2, -0.15) is 0 Å². The summed E-state index contributed by atoms with van der Waals surface area (Å²) >= 11 is 2.60. The van der Waals surface area contributed by atoms with Crippen LogP contribution in [0.5, 0.6) is 0 Å². The summed E-state index contributed by atoms with van der Waals surface area (Å²) in [6.45, 7) is 4.59. The van der Waals surface area contributed by atoms with Crippen molar-refractivity contribution in [3.05, 3.63) is 50.6 Å². The normalized spacial score (nSPS) is 20.3. The van der Waals surface area contributed by atoms with Gasteiger partial charge in [-0.25, -0.2) is 0 Å². The van der Waals surface area contributed by atoms with Gasteiger partial charge in [0.1, 0.15) is 0 Å². The topological polar surface area (TPSA) is 0 Å². The van der Waals surface area contributed by atoms with Crippen LogP contribution < -0.4 is 0 Å². The van der Waals surface area contributed by atoms with Crippen molar-refractivity contribution in [2.75, 3.05) is 0 Å². The van der Waals surface area contributed by atoms with E-state index < -0.39 is 0 Å². The van der Waals surface area contributed by atoms with Gasteiger partial charge in [0.15, 0.2) is 0 Å². The highest BCUT2D eigenvalue weighted by molar-refractivity contribution is 14.1. The van der Waals surface area contributed by atoms with E-state index in [-0.39, 0.29) is 0 Å². The van der Waals surface area contributed by atoms with Crippen LogP contribution in [0.1, 0.15) is 70.8 Å². The summed E-state index contributed by atoms with van der Waals surface area (Å²) in [5, 5.41) is 0. The maximum Gasteiger partial charge on any atom is -0.00593 e. The first kappa shape index (κ1) is 16.8. The van der Waals surface area contributed by atoms with Crippen LogP contribution in [-0.2, 0) is 0 Å². The minimum Gasteiger partial charge on any atom is -0.0651 e. The third-order valence-corrected chi connectivity index (χ3v) is 5.44. The molecule has 0 atom stereocenters. The summed E-state index contributed by atoms with van der Waals surface area (Å²) in [7, 11) is 0. The van der Waals surface area contributed by atoms with Crippen molar-refractivity contribution in [1.82, 2.24) is 0 Å². The summed E-state index contributed by atoms with van der Waals surface area (Å²) in [5.41, 5.74) is 6.40. The van der Waals surface area contributed by atoms with Gasteiger partial charge in [0.25, 0.3) is 0 Å². The molecule has 2 rings (SSSR count). The van der Waals surface area contributed by atoms with E-state index in [0.29, 0.717) is 0 Å². The molecule has 0 heterocycles. The molecule has 0 amide bonds. The van der Waals surface area contributed by atoms with E-state index >= 15 is 0 Å². The lowest BCUT2D eigenvalue weighted by Gasteiger charge is -2.24. The molecule has 0 unspecified atom stereocenters. The second kappa shape index (κ2) is 8.77. The van der Waals surface area contributed by atoms with Crippen molar-refractivity contribution in [3.8, 4) is 0 Å². The van der Waals surface area contributed by atoms with Gasteiger partial charge in [0.05, 0.1) is 0 Å². The summed E-state index contributed by atoms with van der Waals surface area (Å²) in [6.07, 6.45) is 10.2. The Kier molecular flexibility index (Phi) is 7.01. The van der Waals surface area contributed by atoms with Gasteiger partial charge in [0, 0.05) is 0 Å². The Morgan fingerprint density at radius 3 is 2.14 bits per heavy atom. The number of hydrogen-bond acceptors (Lipinski definition) is 0. The second-order valence-corrected chi connectivity index (χ2v) is 7.22. The average molecular weight is 394 g/mol. The minimum atomic E-state index is 1.21. The third kappa shape index (κ3) is 4.45. The molecule has 0 N–H and O–H groups in total. The molecule has 0 spiro atoms. The fraction of sp³-hybridized carbons (Fsp3) is 0.500. The molecule has 1 aliphatic rings. The fourth-order valence-corrected chi connectivity index (χ4v) is 4.40. The van der Waals surface area contributed by atoms with Gasteiger partial charge in [-0.15, -0.1) is 0 Å². The lowest BCUT2D eigenvalue weighted by molar-refractivity contribution is 0.673. The summed E-state index contributed by atoms with van der Waals surface area (Å²) < 4.78 is 1.61. The fourth-order valence-electron chi connectivity index (χ4n) is 3.27. The Morgan fingerprint density at radius 2 is 1.52 bits per heavy atom. The highest BCUT2D eigenvalue weighted by atomic mass is 127. The van der Waals surface area contributed by atoms with E-state index in [9.17, 15) is 0 Å². The first-order chi connectivity index (χ1) is 10.3. The zero-order valence-corrected chi connectivity index (χ0v) is 15.6. The standard InChI is InChI=1S/C20H27I/c1-3-10-17(16-12-6-5-7-13-16)18-14-8-9-15-19(18)20(21)11-4-2/h5-7,12-13H,3-4,8-11,14-15H2,1-2H3/b18-17-,20-19-. The van der Waals surface area contributed by atoms with E-state index in [2.05, 4.69) is 66.8 Å². The van der Waals surface area contributed by atoms with Crippen molar-refractivity contribution in [1.29, 1.82) is 0 Å². The van der Waals surface area contributed by atoms with Crippen LogP contribution in [0.15, 0.2) is 45.1 Å². The van der Waals surface area contributed by atoms with E-state index in [1.165, 1.54) is 56.9 Å². The quantitative estimate of drug-likeness (QED) is 0.460. The van der Waals surface area contributed by atoms with E-state index in [4.69, 9.17) is 0 Å². The van der Waals surface area contributed by atoms with Crippen molar-refractivity contribution >= 4 is 28.2 Å². The number of hydrogen-bond donors (Lipinski definition) is 0. The molecular weight excluding hydrogens is 367 g/mol. The van der Waals surface area contributed by atoms with Gasteiger partial charge in [0.2, 0.25) is 0 Å². The van der Waals surface area contributed by atoms with Gasteiger partial charge in [-0.3, -0.25) is 0 Å². The lowest BCUT2D eigenvalue weighted by atomic mass is 9.82. The highest BCUT2D eigenvalue weighted by Crippen LogP contribution is 2.40. The highest BCUT2D eigenvalue weighted by Gasteiger charge is 2.19. The Balaban J connectivity index is 2.49. The predicted molar refractivity (Wildman–Crippen MR) is 103 cm³/mol. The van der Waals surface area contributed by atoms with Crippen molar-refractivity contribution in [2.24, 2.45) is 0 Å². The average Bonchev–Trinajstić information content (AvgIpc) is 2.54. The van der Waals surface area contributed by atoms with Gasteiger partial charge in [-0.1, -0.05) is 57.0 Å². The molecule has 1 aromatic rings. The number of allylic oxidation sites excluding steroid dienone is 4. The van der Waals surface area contributed by atoms with Gasteiger partial charge < -0.3 is 0 Å². The van der Waals surface area contributed by atoms with E-state index in [1.54, 1.807) is 20.3 Å². The molecule has 0 bridgehead atoms. The largest absolute Gasteiger partial charge is 0.0651 e. The van der Waals surface area contributed by atoms with Crippen molar-refractivity contribution in [3.63, 3.8) is 0 Å². The van der Waals surface area contributed by atoms with Crippen LogP contribution in [-0.4, -0.2) is 0 Å². The Morgan fingerprint density at radius 1 is 0.905 bits per heavy atom. The number of rotatable bonds is 5. The van der Waals surface area contributed by atoms with Crippen LogP contribution in [0, 0.1) is 0 Å². The number of halogens is 1. The molecule has 0 nitrogen and oxygen atoms in total. The Bertz CT molecular complexity index is 508. The third-order valence-electron chi connectivity index (χ3n) is 4.25. The maximum absolute atomic E-state index is 2.60. The summed E-state index contributed by atoms with van der Waals surface area (Å²) in [6, 6.07) is 11.0. The Labute approximate surface area is 143 Å². The molecule has 0 aromatic heterocycles. The molecule has 0 radical (unpaired) electrons. The zero-order valence-electron chi connectivity index (χ0n) is 13.4. The SMILES string of the molecule is CCC/C(I)=C1\CCCC\C1=C(/CCC)c1ccccc1. The maximum atomic E-state index is 2.60. The molecule has 0 saturated heterocycles. The molecular formula is C20H27I. The molecule has 0 aliphatic heterocycles. The smallest absolute Gasteiger partial charge is 0.00593 e. The van der Waals surface area contributed by atoms with Gasteiger partial charge >= 0.3 is 0 Å². The van der Waals surface area contributed by atoms with Gasteiger partial charge in [-0.05, 0) is 87.0 Å². The molecule has 1 aliphatic carbocycles. The first-order valence-electron chi connectivity index (χ1n) is 8.43. The van der Waals surface area contributed by atoms with E-state index in [1.807, 2.05) is 0 Å². The predicted octanol–water partition coefficient (Wildman–Crippen LogP) is 7.30. The van der Waals surface area contributed by atoms with Crippen molar-refractivity contribution in [2.45, 2.75) is 65.2 Å². The first-order valence-corrected chi connectivity index (χ1v) is 9.51. The minimum absolute atomic E-state index is 1.21.